The summed E-state index contributed by atoms with van der Waals surface area (Å²) in [6, 6.07) is 16.0. The van der Waals surface area contributed by atoms with Crippen molar-refractivity contribution in [3.63, 3.8) is 0 Å². The molecule has 33 heavy (non-hydrogen) atoms. The predicted molar refractivity (Wildman–Crippen MR) is 124 cm³/mol. The zero-order valence-electron chi connectivity index (χ0n) is 18.5. The van der Waals surface area contributed by atoms with Crippen molar-refractivity contribution in [2.45, 2.75) is 31.8 Å². The zero-order valence-corrected chi connectivity index (χ0v) is 19.4. The highest BCUT2D eigenvalue weighted by Crippen LogP contribution is 2.22. The van der Waals surface area contributed by atoms with E-state index in [0.29, 0.717) is 5.69 Å². The molecule has 1 unspecified atom stereocenters. The van der Waals surface area contributed by atoms with Gasteiger partial charge in [0.1, 0.15) is 10.7 Å². The number of benzene rings is 3. The molecule has 9 heteroatoms. The van der Waals surface area contributed by atoms with E-state index < -0.39 is 38.7 Å². The SMILES string of the molecule is CCN(CC)S(=O)(=O)c1cc(C(=O)OC(C)C(=O)Nc2ccc3ccccc3c2)ccc1F. The summed E-state index contributed by atoms with van der Waals surface area (Å²) in [5.74, 6) is -2.47. The van der Waals surface area contributed by atoms with Crippen LogP contribution >= 0.6 is 0 Å². The largest absolute Gasteiger partial charge is 0.449 e. The van der Waals surface area contributed by atoms with Gasteiger partial charge in [0.25, 0.3) is 5.91 Å². The lowest BCUT2D eigenvalue weighted by Crippen LogP contribution is -2.32. The lowest BCUT2D eigenvalue weighted by molar-refractivity contribution is -0.123. The Morgan fingerprint density at radius 2 is 1.67 bits per heavy atom. The smallest absolute Gasteiger partial charge is 0.338 e. The van der Waals surface area contributed by atoms with E-state index >= 15 is 0 Å². The third-order valence-electron chi connectivity index (χ3n) is 5.16. The molecule has 0 saturated carbocycles. The number of hydrogen-bond donors (Lipinski definition) is 1. The van der Waals surface area contributed by atoms with Crippen LogP contribution in [-0.4, -0.2) is 43.8 Å². The molecule has 3 rings (SSSR count). The Labute approximate surface area is 192 Å². The Bertz CT molecular complexity index is 1290. The Balaban J connectivity index is 1.74. The fourth-order valence-electron chi connectivity index (χ4n) is 3.32. The van der Waals surface area contributed by atoms with E-state index in [1.54, 1.807) is 26.0 Å². The molecule has 0 aromatic heterocycles. The number of ether oxygens (including phenoxy) is 1. The number of nitrogens with zero attached hydrogens (tertiary/aromatic N) is 1. The summed E-state index contributed by atoms with van der Waals surface area (Å²) in [6.45, 7) is 4.96. The van der Waals surface area contributed by atoms with Crippen LogP contribution in [0.1, 0.15) is 31.1 Å². The maximum Gasteiger partial charge on any atom is 0.338 e. The van der Waals surface area contributed by atoms with Gasteiger partial charge in [0.05, 0.1) is 5.56 Å². The van der Waals surface area contributed by atoms with Crippen molar-refractivity contribution in [2.24, 2.45) is 0 Å². The summed E-state index contributed by atoms with van der Waals surface area (Å²) in [5.41, 5.74) is 0.364. The monoisotopic (exact) mass is 472 g/mol. The minimum Gasteiger partial charge on any atom is -0.449 e. The van der Waals surface area contributed by atoms with Crippen molar-refractivity contribution in [2.75, 3.05) is 18.4 Å². The first-order valence-electron chi connectivity index (χ1n) is 10.5. The average Bonchev–Trinajstić information content (AvgIpc) is 2.79. The maximum absolute atomic E-state index is 14.3. The molecule has 174 valence electrons. The van der Waals surface area contributed by atoms with E-state index in [2.05, 4.69) is 5.32 Å². The van der Waals surface area contributed by atoms with E-state index in [1.807, 2.05) is 30.3 Å². The standard InChI is InChI=1S/C24H25FN2O5S/c1-4-27(5-2)33(30,31)22-15-19(11-13-21(22)25)24(29)32-16(3)23(28)26-20-12-10-17-8-6-7-9-18(17)14-20/h6-16H,4-5H2,1-3H3,(H,26,28). The Hall–Kier alpha value is -3.30. The number of esters is 1. The predicted octanol–water partition coefficient (Wildman–Crippen LogP) is 4.19. The van der Waals surface area contributed by atoms with E-state index in [-0.39, 0.29) is 18.7 Å². The molecular weight excluding hydrogens is 447 g/mol. The summed E-state index contributed by atoms with van der Waals surface area (Å²) < 4.78 is 45.9. The quantitative estimate of drug-likeness (QED) is 0.496. The number of hydrogen-bond acceptors (Lipinski definition) is 5. The molecule has 1 N–H and O–H groups in total. The molecule has 0 spiro atoms. The molecule has 0 heterocycles. The molecule has 3 aromatic rings. The van der Waals surface area contributed by atoms with Crippen molar-refractivity contribution in [1.82, 2.24) is 4.31 Å². The van der Waals surface area contributed by atoms with Crippen LogP contribution in [-0.2, 0) is 19.6 Å². The van der Waals surface area contributed by atoms with Crippen molar-refractivity contribution in [3.05, 3.63) is 72.0 Å². The minimum atomic E-state index is -4.12. The molecule has 0 aliphatic carbocycles. The van der Waals surface area contributed by atoms with E-state index in [4.69, 9.17) is 4.74 Å². The second kappa shape index (κ2) is 10.1. The fourth-order valence-corrected chi connectivity index (χ4v) is 4.87. The van der Waals surface area contributed by atoms with Gasteiger partial charge in [0.2, 0.25) is 10.0 Å². The van der Waals surface area contributed by atoms with Gasteiger partial charge in [-0.3, -0.25) is 4.79 Å². The van der Waals surface area contributed by atoms with Crippen molar-refractivity contribution in [1.29, 1.82) is 0 Å². The first kappa shape index (κ1) is 24.3. The van der Waals surface area contributed by atoms with Gasteiger partial charge < -0.3 is 10.1 Å². The number of carbonyl (C=O) groups excluding carboxylic acids is 2. The summed E-state index contributed by atoms with van der Waals surface area (Å²) in [4.78, 5) is 24.4. The van der Waals surface area contributed by atoms with Crippen LogP contribution in [0.5, 0.6) is 0 Å². The van der Waals surface area contributed by atoms with Gasteiger partial charge in [-0.25, -0.2) is 17.6 Å². The van der Waals surface area contributed by atoms with Gasteiger partial charge in [-0.15, -0.1) is 0 Å². The molecule has 1 amide bonds. The first-order chi connectivity index (χ1) is 15.7. The number of fused-ring (bicyclic) bond motifs is 1. The molecular formula is C24H25FN2O5S. The molecule has 0 saturated heterocycles. The van der Waals surface area contributed by atoms with Gasteiger partial charge in [0, 0.05) is 18.8 Å². The van der Waals surface area contributed by atoms with Crippen LogP contribution < -0.4 is 5.32 Å². The topological polar surface area (TPSA) is 92.8 Å². The van der Waals surface area contributed by atoms with E-state index in [1.165, 1.54) is 6.92 Å². The molecule has 7 nitrogen and oxygen atoms in total. The summed E-state index contributed by atoms with van der Waals surface area (Å²) in [5, 5.41) is 4.64. The van der Waals surface area contributed by atoms with Crippen LogP contribution in [0.25, 0.3) is 10.8 Å². The zero-order chi connectivity index (χ0) is 24.2. The highest BCUT2D eigenvalue weighted by Gasteiger charge is 2.27. The molecule has 0 aliphatic heterocycles. The number of sulfonamides is 1. The lowest BCUT2D eigenvalue weighted by Gasteiger charge is -2.19. The third-order valence-corrected chi connectivity index (χ3v) is 7.23. The second-order valence-corrected chi connectivity index (χ2v) is 9.24. The van der Waals surface area contributed by atoms with Gasteiger partial charge in [-0.1, -0.05) is 44.2 Å². The average molecular weight is 473 g/mol. The van der Waals surface area contributed by atoms with Gasteiger partial charge in [0.15, 0.2) is 6.10 Å². The number of halogens is 1. The van der Waals surface area contributed by atoms with Crippen LogP contribution in [0.3, 0.4) is 0 Å². The molecule has 0 aliphatic rings. The van der Waals surface area contributed by atoms with E-state index in [0.717, 1.165) is 33.3 Å². The highest BCUT2D eigenvalue weighted by atomic mass is 32.2. The maximum atomic E-state index is 14.3. The Morgan fingerprint density at radius 3 is 2.33 bits per heavy atom. The van der Waals surface area contributed by atoms with Crippen LogP contribution in [0.4, 0.5) is 10.1 Å². The second-order valence-electron chi connectivity index (χ2n) is 7.33. The van der Waals surface area contributed by atoms with Gasteiger partial charge in [-0.05, 0) is 48.0 Å². The number of nitrogens with one attached hydrogen (secondary N) is 1. The third kappa shape index (κ3) is 5.37. The minimum absolute atomic E-state index is 0.152. The summed E-state index contributed by atoms with van der Waals surface area (Å²) in [6.07, 6.45) is -1.17. The fraction of sp³-hybridized carbons (Fsp3) is 0.250. The lowest BCUT2D eigenvalue weighted by atomic mass is 10.1. The van der Waals surface area contributed by atoms with Crippen LogP contribution in [0, 0.1) is 5.82 Å². The normalized spacial score (nSPS) is 12.5. The Morgan fingerprint density at radius 1 is 1.00 bits per heavy atom. The van der Waals surface area contributed by atoms with Crippen LogP contribution in [0.2, 0.25) is 0 Å². The number of carbonyl (C=O) groups is 2. The molecule has 1 atom stereocenters. The van der Waals surface area contributed by atoms with Gasteiger partial charge in [-0.2, -0.15) is 4.31 Å². The Kier molecular flexibility index (Phi) is 7.45. The molecule has 3 aromatic carbocycles. The van der Waals surface area contributed by atoms with Crippen LogP contribution in [0.15, 0.2) is 65.6 Å². The molecule has 0 fully saturated rings. The summed E-state index contributed by atoms with van der Waals surface area (Å²) >= 11 is 0. The van der Waals surface area contributed by atoms with Crippen molar-refractivity contribution in [3.8, 4) is 0 Å². The van der Waals surface area contributed by atoms with Crippen molar-refractivity contribution < 1.29 is 27.1 Å². The first-order valence-corrected chi connectivity index (χ1v) is 11.9. The molecule has 0 radical (unpaired) electrons. The van der Waals surface area contributed by atoms with E-state index in [9.17, 15) is 22.4 Å². The highest BCUT2D eigenvalue weighted by molar-refractivity contribution is 7.89. The number of anilines is 1. The number of amides is 1. The van der Waals surface area contributed by atoms with Gasteiger partial charge >= 0.3 is 5.97 Å². The number of rotatable bonds is 8. The van der Waals surface area contributed by atoms with Crippen molar-refractivity contribution >= 4 is 38.4 Å². The molecule has 0 bridgehead atoms. The summed E-state index contributed by atoms with van der Waals surface area (Å²) in [7, 11) is -4.12.